The van der Waals surface area contributed by atoms with Crippen molar-refractivity contribution >= 4 is 32.9 Å². The zero-order valence-corrected chi connectivity index (χ0v) is 11.1. The summed E-state index contributed by atoms with van der Waals surface area (Å²) >= 11 is 0. The second-order valence-corrected chi connectivity index (χ2v) is 5.35. The maximum absolute atomic E-state index is 11.2. The van der Waals surface area contributed by atoms with Gasteiger partial charge in [-0.3, -0.25) is 4.55 Å². The van der Waals surface area contributed by atoms with Crippen LogP contribution >= 0.6 is 0 Å². The van der Waals surface area contributed by atoms with Crippen LogP contribution in [0.1, 0.15) is 0 Å². The van der Waals surface area contributed by atoms with Gasteiger partial charge in [-0.25, -0.2) is 0 Å². The molecule has 0 unspecified atom stereocenters. The minimum atomic E-state index is -4.44. The fourth-order valence-corrected chi connectivity index (χ4v) is 2.14. The van der Waals surface area contributed by atoms with Crippen molar-refractivity contribution in [2.45, 2.75) is 4.90 Å². The molecule has 0 aromatic heterocycles. The van der Waals surface area contributed by atoms with Crippen molar-refractivity contribution < 1.29 is 13.0 Å². The molecule has 5 N–H and O–H groups in total. The summed E-state index contributed by atoms with van der Waals surface area (Å²) in [5.41, 5.74) is 11.9. The SMILES string of the molecule is Nc1cc(N)c(S(=O)(=O)O)cc1/N=N/c1ccccc1. The lowest BCUT2D eigenvalue weighted by Gasteiger charge is -2.06. The van der Waals surface area contributed by atoms with Gasteiger partial charge in [0.2, 0.25) is 0 Å². The Morgan fingerprint density at radius 1 is 0.950 bits per heavy atom. The molecule has 104 valence electrons. The minimum Gasteiger partial charge on any atom is -0.398 e. The second-order valence-electron chi connectivity index (χ2n) is 3.96. The van der Waals surface area contributed by atoms with E-state index in [1.165, 1.54) is 6.07 Å². The molecule has 0 bridgehead atoms. The molecular formula is C12H12N4O3S. The number of hydrogen-bond donors (Lipinski definition) is 3. The molecule has 0 saturated carbocycles. The van der Waals surface area contributed by atoms with Gasteiger partial charge in [-0.1, -0.05) is 18.2 Å². The highest BCUT2D eigenvalue weighted by Gasteiger charge is 2.16. The number of nitrogens with two attached hydrogens (primary N) is 2. The molecule has 0 heterocycles. The second kappa shape index (κ2) is 5.27. The number of benzene rings is 2. The van der Waals surface area contributed by atoms with Gasteiger partial charge in [0.1, 0.15) is 10.6 Å². The maximum atomic E-state index is 11.2. The molecule has 2 aromatic rings. The molecule has 0 aliphatic rings. The fourth-order valence-electron chi connectivity index (χ4n) is 1.52. The quantitative estimate of drug-likeness (QED) is 0.454. The fraction of sp³-hybridized carbons (Fsp3) is 0. The summed E-state index contributed by atoms with van der Waals surface area (Å²) in [5, 5.41) is 7.78. The smallest absolute Gasteiger partial charge is 0.296 e. The van der Waals surface area contributed by atoms with Crippen LogP contribution in [0.5, 0.6) is 0 Å². The largest absolute Gasteiger partial charge is 0.398 e. The Morgan fingerprint density at radius 2 is 1.60 bits per heavy atom. The first-order valence-corrected chi connectivity index (χ1v) is 6.95. The van der Waals surface area contributed by atoms with E-state index < -0.39 is 15.0 Å². The van der Waals surface area contributed by atoms with Gasteiger partial charge >= 0.3 is 0 Å². The van der Waals surface area contributed by atoms with Gasteiger partial charge in [-0.15, -0.1) is 5.11 Å². The lowest BCUT2D eigenvalue weighted by molar-refractivity contribution is 0.483. The maximum Gasteiger partial charge on any atom is 0.296 e. The van der Waals surface area contributed by atoms with Crippen LogP contribution in [0.15, 0.2) is 57.6 Å². The first-order chi connectivity index (χ1) is 9.38. The highest BCUT2D eigenvalue weighted by Crippen LogP contribution is 2.31. The number of nitrogens with zero attached hydrogens (tertiary/aromatic N) is 2. The van der Waals surface area contributed by atoms with Crippen LogP contribution in [0, 0.1) is 0 Å². The summed E-state index contributed by atoms with van der Waals surface area (Å²) in [6.45, 7) is 0. The van der Waals surface area contributed by atoms with Crippen molar-refractivity contribution in [1.82, 2.24) is 0 Å². The monoisotopic (exact) mass is 292 g/mol. The molecule has 0 radical (unpaired) electrons. The highest BCUT2D eigenvalue weighted by molar-refractivity contribution is 7.86. The third-order valence-electron chi connectivity index (χ3n) is 2.47. The van der Waals surface area contributed by atoms with Crippen molar-refractivity contribution in [2.24, 2.45) is 10.2 Å². The van der Waals surface area contributed by atoms with E-state index in [4.69, 9.17) is 16.0 Å². The first-order valence-electron chi connectivity index (χ1n) is 5.51. The molecule has 0 aliphatic carbocycles. The Morgan fingerprint density at radius 3 is 2.20 bits per heavy atom. The van der Waals surface area contributed by atoms with Crippen LogP contribution in [0.4, 0.5) is 22.7 Å². The number of rotatable bonds is 3. The summed E-state index contributed by atoms with van der Waals surface area (Å²) in [6.07, 6.45) is 0. The summed E-state index contributed by atoms with van der Waals surface area (Å²) in [4.78, 5) is -0.450. The molecule has 0 saturated heterocycles. The third-order valence-corrected chi connectivity index (χ3v) is 3.38. The minimum absolute atomic E-state index is 0.107. The van der Waals surface area contributed by atoms with Gasteiger partial charge in [-0.05, 0) is 24.3 Å². The van der Waals surface area contributed by atoms with E-state index >= 15 is 0 Å². The molecule has 0 atom stereocenters. The molecule has 0 spiro atoms. The van der Waals surface area contributed by atoms with E-state index in [9.17, 15) is 8.42 Å². The van der Waals surface area contributed by atoms with Crippen LogP contribution in [-0.2, 0) is 10.1 Å². The normalized spacial score (nSPS) is 11.8. The molecular weight excluding hydrogens is 280 g/mol. The Kier molecular flexibility index (Phi) is 3.68. The number of azo groups is 1. The van der Waals surface area contributed by atoms with E-state index in [1.54, 1.807) is 24.3 Å². The topological polar surface area (TPSA) is 131 Å². The van der Waals surface area contributed by atoms with Gasteiger partial charge in [0.05, 0.1) is 17.1 Å². The average molecular weight is 292 g/mol. The Hall–Kier alpha value is -2.45. The summed E-state index contributed by atoms with van der Waals surface area (Å²) < 4.78 is 31.4. The standard InChI is InChI=1S/C12H12N4O3S/c13-9-6-10(14)12(20(17,18)19)7-11(9)16-15-8-4-2-1-3-5-8/h1-7H,13-14H2,(H,17,18,19)/b16-15+. The molecule has 0 fully saturated rings. The molecule has 2 aromatic carbocycles. The molecule has 20 heavy (non-hydrogen) atoms. The Labute approximate surface area is 115 Å². The molecule has 7 nitrogen and oxygen atoms in total. The van der Waals surface area contributed by atoms with E-state index in [0.717, 1.165) is 6.07 Å². The van der Waals surface area contributed by atoms with Gasteiger partial charge in [0, 0.05) is 0 Å². The molecule has 8 heteroatoms. The van der Waals surface area contributed by atoms with Gasteiger partial charge in [-0.2, -0.15) is 13.5 Å². The van der Waals surface area contributed by atoms with E-state index in [2.05, 4.69) is 10.2 Å². The van der Waals surface area contributed by atoms with Crippen LogP contribution in [-0.4, -0.2) is 13.0 Å². The Bertz CT molecular complexity index is 758. The first kappa shape index (κ1) is 14.0. The van der Waals surface area contributed by atoms with Gasteiger partial charge in [0.15, 0.2) is 0 Å². The van der Waals surface area contributed by atoms with Gasteiger partial charge < -0.3 is 11.5 Å². The van der Waals surface area contributed by atoms with E-state index in [1.807, 2.05) is 6.07 Å². The van der Waals surface area contributed by atoms with Crippen LogP contribution < -0.4 is 11.5 Å². The molecule has 2 rings (SSSR count). The van der Waals surface area contributed by atoms with Crippen LogP contribution in [0.25, 0.3) is 0 Å². The predicted molar refractivity (Wildman–Crippen MR) is 75.7 cm³/mol. The van der Waals surface area contributed by atoms with Crippen molar-refractivity contribution in [1.29, 1.82) is 0 Å². The number of nitrogen functional groups attached to an aromatic ring is 2. The average Bonchev–Trinajstić information content (AvgIpc) is 2.37. The van der Waals surface area contributed by atoms with Gasteiger partial charge in [0.25, 0.3) is 10.1 Å². The van der Waals surface area contributed by atoms with E-state index in [0.29, 0.717) is 5.69 Å². The molecule has 0 aliphatic heterocycles. The van der Waals surface area contributed by atoms with Crippen molar-refractivity contribution in [2.75, 3.05) is 11.5 Å². The predicted octanol–water partition coefficient (Wildman–Crippen LogP) is 2.51. The summed E-state index contributed by atoms with van der Waals surface area (Å²) in [7, 11) is -4.44. The lowest BCUT2D eigenvalue weighted by atomic mass is 10.2. The van der Waals surface area contributed by atoms with Crippen molar-refractivity contribution in [3.63, 3.8) is 0 Å². The lowest BCUT2D eigenvalue weighted by Crippen LogP contribution is -2.04. The van der Waals surface area contributed by atoms with Crippen molar-refractivity contribution in [3.05, 3.63) is 42.5 Å². The Balaban J connectivity index is 2.45. The van der Waals surface area contributed by atoms with Crippen LogP contribution in [0.2, 0.25) is 0 Å². The third kappa shape index (κ3) is 3.11. The zero-order valence-electron chi connectivity index (χ0n) is 10.3. The van der Waals surface area contributed by atoms with E-state index in [-0.39, 0.29) is 17.1 Å². The highest BCUT2D eigenvalue weighted by atomic mass is 32.2. The van der Waals surface area contributed by atoms with Crippen LogP contribution in [0.3, 0.4) is 0 Å². The number of anilines is 2. The summed E-state index contributed by atoms with van der Waals surface area (Å²) in [6, 6.07) is 11.1. The zero-order chi connectivity index (χ0) is 14.8. The summed E-state index contributed by atoms with van der Waals surface area (Å²) in [5.74, 6) is 0. The number of hydrogen-bond acceptors (Lipinski definition) is 6. The van der Waals surface area contributed by atoms with Crippen molar-refractivity contribution in [3.8, 4) is 0 Å². The molecule has 0 amide bonds.